The first-order valence-corrected chi connectivity index (χ1v) is 4.95. The quantitative estimate of drug-likeness (QED) is 0.784. The Bertz CT molecular complexity index is 303. The van der Waals surface area contributed by atoms with Crippen LogP contribution in [0.5, 0.6) is 0 Å². The van der Waals surface area contributed by atoms with E-state index in [1.54, 1.807) is 12.1 Å². The molecular formula is C6H4BrClO2S. The predicted octanol–water partition coefficient (Wildman–Crippen LogP) is 2.68. The van der Waals surface area contributed by atoms with Gasteiger partial charge in [0.1, 0.15) is 0 Å². The zero-order valence-electron chi connectivity index (χ0n) is 5.25. The van der Waals surface area contributed by atoms with E-state index in [1.807, 2.05) is 0 Å². The molecule has 0 amide bonds. The van der Waals surface area contributed by atoms with Gasteiger partial charge in [-0.3, -0.25) is 0 Å². The van der Waals surface area contributed by atoms with Gasteiger partial charge < -0.3 is 4.55 Å². The Morgan fingerprint density at radius 1 is 1.55 bits per heavy atom. The number of halogens is 2. The van der Waals surface area contributed by atoms with Crippen LogP contribution in [0, 0.1) is 0 Å². The molecule has 1 unspecified atom stereocenters. The van der Waals surface area contributed by atoms with Gasteiger partial charge in [-0.05, 0) is 28.1 Å². The molecule has 1 aromatic carbocycles. The molecule has 0 aliphatic heterocycles. The van der Waals surface area contributed by atoms with Crippen molar-refractivity contribution in [1.29, 1.82) is 0 Å². The molecule has 0 fully saturated rings. The van der Waals surface area contributed by atoms with Gasteiger partial charge in [0.25, 0.3) is 0 Å². The van der Waals surface area contributed by atoms with Crippen molar-refractivity contribution in [2.45, 2.75) is 4.90 Å². The summed E-state index contributed by atoms with van der Waals surface area (Å²) in [5, 5.41) is 0.285. The van der Waals surface area contributed by atoms with E-state index < -0.39 is 11.1 Å². The van der Waals surface area contributed by atoms with Crippen LogP contribution >= 0.6 is 27.5 Å². The molecule has 1 aromatic rings. The third kappa shape index (κ3) is 2.02. The maximum absolute atomic E-state index is 10.6. The first kappa shape index (κ1) is 9.19. The molecule has 0 aromatic heterocycles. The topological polar surface area (TPSA) is 37.3 Å². The van der Waals surface area contributed by atoms with Crippen LogP contribution in [-0.2, 0) is 11.1 Å². The summed E-state index contributed by atoms with van der Waals surface area (Å²) < 4.78 is 19.9. The number of benzene rings is 1. The minimum absolute atomic E-state index is 0.223. The standard InChI is InChI=1S/C6H4BrClO2S/c7-4-2-1-3-5(6(4)8)11(9)10/h1-3H,(H,9,10). The highest BCUT2D eigenvalue weighted by molar-refractivity contribution is 9.10. The fraction of sp³-hybridized carbons (Fsp3) is 0. The number of rotatable bonds is 1. The summed E-state index contributed by atoms with van der Waals surface area (Å²) in [7, 11) is 0. The third-order valence-corrected chi connectivity index (χ3v) is 3.23. The van der Waals surface area contributed by atoms with Crippen molar-refractivity contribution < 1.29 is 8.76 Å². The van der Waals surface area contributed by atoms with E-state index >= 15 is 0 Å². The molecule has 0 saturated heterocycles. The summed E-state index contributed by atoms with van der Waals surface area (Å²) in [5.41, 5.74) is 0. The lowest BCUT2D eigenvalue weighted by Crippen LogP contribution is -1.89. The molecule has 0 spiro atoms. The van der Waals surface area contributed by atoms with Crippen molar-refractivity contribution in [2.75, 3.05) is 0 Å². The van der Waals surface area contributed by atoms with Gasteiger partial charge >= 0.3 is 0 Å². The summed E-state index contributed by atoms with van der Waals surface area (Å²) in [4.78, 5) is 0.223. The Kier molecular flexibility index (Phi) is 3.06. The van der Waals surface area contributed by atoms with Gasteiger partial charge in [0.2, 0.25) is 0 Å². The second-order valence-corrected chi connectivity index (χ2v) is 3.97. The zero-order chi connectivity index (χ0) is 8.43. The summed E-state index contributed by atoms with van der Waals surface area (Å²) in [6, 6.07) is 4.86. The molecule has 1 rings (SSSR count). The lowest BCUT2D eigenvalue weighted by Gasteiger charge is -1.99. The van der Waals surface area contributed by atoms with E-state index in [9.17, 15) is 4.21 Å². The molecule has 0 saturated carbocycles. The van der Waals surface area contributed by atoms with Crippen LogP contribution in [0.25, 0.3) is 0 Å². The van der Waals surface area contributed by atoms with Gasteiger partial charge in [0.05, 0.1) is 9.92 Å². The maximum atomic E-state index is 10.6. The molecule has 11 heavy (non-hydrogen) atoms. The van der Waals surface area contributed by atoms with Gasteiger partial charge in [-0.2, -0.15) is 0 Å². The van der Waals surface area contributed by atoms with Crippen molar-refractivity contribution in [2.24, 2.45) is 0 Å². The number of hydrogen-bond acceptors (Lipinski definition) is 1. The Hall–Kier alpha value is 0.1000. The van der Waals surface area contributed by atoms with E-state index in [2.05, 4.69) is 15.9 Å². The Morgan fingerprint density at radius 2 is 2.18 bits per heavy atom. The van der Waals surface area contributed by atoms with Gasteiger partial charge in [-0.25, -0.2) is 4.21 Å². The van der Waals surface area contributed by atoms with Crippen molar-refractivity contribution in [3.63, 3.8) is 0 Å². The van der Waals surface area contributed by atoms with Gasteiger partial charge in [0.15, 0.2) is 11.1 Å². The molecule has 0 bridgehead atoms. The normalized spacial score (nSPS) is 13.0. The summed E-state index contributed by atoms with van der Waals surface area (Å²) in [6.07, 6.45) is 0. The van der Waals surface area contributed by atoms with E-state index in [0.717, 1.165) is 0 Å². The molecule has 5 heteroatoms. The van der Waals surface area contributed by atoms with Crippen LogP contribution < -0.4 is 0 Å². The van der Waals surface area contributed by atoms with Gasteiger partial charge in [0, 0.05) is 4.47 Å². The largest absolute Gasteiger partial charge is 0.302 e. The Balaban J connectivity index is 3.27. The van der Waals surface area contributed by atoms with Crippen LogP contribution in [0.15, 0.2) is 27.6 Å². The smallest absolute Gasteiger partial charge is 0.188 e. The van der Waals surface area contributed by atoms with Crippen LogP contribution in [-0.4, -0.2) is 8.76 Å². The van der Waals surface area contributed by atoms with E-state index in [4.69, 9.17) is 16.2 Å². The van der Waals surface area contributed by atoms with E-state index in [-0.39, 0.29) is 9.92 Å². The first-order chi connectivity index (χ1) is 5.13. The van der Waals surface area contributed by atoms with Crippen molar-refractivity contribution >= 4 is 38.6 Å². The lowest BCUT2D eigenvalue weighted by molar-refractivity contribution is 0.564. The summed E-state index contributed by atoms with van der Waals surface area (Å²) >= 11 is 6.81. The van der Waals surface area contributed by atoms with E-state index in [1.165, 1.54) is 6.07 Å². The Labute approximate surface area is 80.0 Å². The number of hydrogen-bond donors (Lipinski definition) is 1. The first-order valence-electron chi connectivity index (χ1n) is 2.68. The minimum atomic E-state index is -2.01. The van der Waals surface area contributed by atoms with Gasteiger partial charge in [-0.15, -0.1) is 0 Å². The van der Waals surface area contributed by atoms with E-state index in [0.29, 0.717) is 4.47 Å². The highest BCUT2D eigenvalue weighted by atomic mass is 79.9. The van der Waals surface area contributed by atoms with Crippen LogP contribution in [0.2, 0.25) is 5.02 Å². The summed E-state index contributed by atoms with van der Waals surface area (Å²) in [5.74, 6) is 0. The van der Waals surface area contributed by atoms with Crippen molar-refractivity contribution in [1.82, 2.24) is 0 Å². The fourth-order valence-electron chi connectivity index (χ4n) is 0.619. The third-order valence-electron chi connectivity index (χ3n) is 1.10. The molecule has 0 radical (unpaired) electrons. The summed E-state index contributed by atoms with van der Waals surface area (Å²) in [6.45, 7) is 0. The molecule has 0 aliphatic rings. The van der Waals surface area contributed by atoms with Crippen molar-refractivity contribution in [3.8, 4) is 0 Å². The molecule has 0 heterocycles. The average Bonchev–Trinajstić information content (AvgIpc) is 1.94. The van der Waals surface area contributed by atoms with Gasteiger partial charge in [-0.1, -0.05) is 17.7 Å². The Morgan fingerprint density at radius 3 is 2.64 bits per heavy atom. The highest BCUT2D eigenvalue weighted by Gasteiger charge is 2.07. The zero-order valence-corrected chi connectivity index (χ0v) is 8.41. The molecule has 60 valence electrons. The van der Waals surface area contributed by atoms with Crippen molar-refractivity contribution in [3.05, 3.63) is 27.7 Å². The van der Waals surface area contributed by atoms with Crippen LogP contribution in [0.4, 0.5) is 0 Å². The fourth-order valence-corrected chi connectivity index (χ4v) is 1.90. The molecular weight excluding hydrogens is 251 g/mol. The predicted molar refractivity (Wildman–Crippen MR) is 48.2 cm³/mol. The maximum Gasteiger partial charge on any atom is 0.188 e. The highest BCUT2D eigenvalue weighted by Crippen LogP contribution is 2.27. The molecule has 2 nitrogen and oxygen atoms in total. The lowest BCUT2D eigenvalue weighted by atomic mass is 10.4. The SMILES string of the molecule is O=S(O)c1cccc(Br)c1Cl. The monoisotopic (exact) mass is 254 g/mol. The second kappa shape index (κ2) is 3.67. The van der Waals surface area contributed by atoms with Crippen LogP contribution in [0.3, 0.4) is 0 Å². The molecule has 0 aliphatic carbocycles. The average molecular weight is 256 g/mol. The van der Waals surface area contributed by atoms with Crippen LogP contribution in [0.1, 0.15) is 0 Å². The second-order valence-electron chi connectivity index (χ2n) is 1.80. The molecule has 1 atom stereocenters. The minimum Gasteiger partial charge on any atom is -0.302 e. The molecule has 1 N–H and O–H groups in total.